The first-order chi connectivity index (χ1) is 8.36. The quantitative estimate of drug-likeness (QED) is 0.763. The highest BCUT2D eigenvalue weighted by Gasteiger charge is 2.24. The third-order valence-corrected chi connectivity index (χ3v) is 3.55. The molecule has 0 aromatic carbocycles. The Morgan fingerprint density at radius 2 is 1.78 bits per heavy atom. The Morgan fingerprint density at radius 3 is 2.33 bits per heavy atom. The summed E-state index contributed by atoms with van der Waals surface area (Å²) in [5.74, 6) is 1.69. The predicted molar refractivity (Wildman–Crippen MR) is 71.7 cm³/mol. The summed E-state index contributed by atoms with van der Waals surface area (Å²) < 4.78 is 0. The molecule has 1 fully saturated rings. The van der Waals surface area contributed by atoms with E-state index in [2.05, 4.69) is 31.8 Å². The fourth-order valence-corrected chi connectivity index (χ4v) is 2.36. The van der Waals surface area contributed by atoms with Crippen molar-refractivity contribution < 1.29 is 4.79 Å². The average Bonchev–Trinajstić information content (AvgIpc) is 2.28. The van der Waals surface area contributed by atoms with Gasteiger partial charge < -0.3 is 0 Å². The molecule has 0 aliphatic heterocycles. The number of carbonyl (C=O) groups is 1. The van der Waals surface area contributed by atoms with Crippen molar-refractivity contribution in [3.05, 3.63) is 23.3 Å². The van der Waals surface area contributed by atoms with E-state index < -0.39 is 0 Å². The van der Waals surface area contributed by atoms with Crippen molar-refractivity contribution in [1.29, 1.82) is 0 Å². The van der Waals surface area contributed by atoms with E-state index in [1.165, 1.54) is 0 Å². The lowest BCUT2D eigenvalue weighted by Crippen LogP contribution is -2.19. The fourth-order valence-electron chi connectivity index (χ4n) is 2.36. The van der Waals surface area contributed by atoms with Crippen molar-refractivity contribution in [2.24, 2.45) is 0 Å². The Kier molecular flexibility index (Phi) is 3.51. The van der Waals surface area contributed by atoms with E-state index in [9.17, 15) is 4.79 Å². The Hall–Kier alpha value is -1.25. The van der Waals surface area contributed by atoms with Gasteiger partial charge in [0.25, 0.3) is 0 Å². The number of nitrogens with zero attached hydrogens (tertiary/aromatic N) is 2. The maximum Gasteiger partial charge on any atom is 0.132 e. The molecule has 2 rings (SSSR count). The van der Waals surface area contributed by atoms with Gasteiger partial charge in [0.05, 0.1) is 0 Å². The molecule has 3 heteroatoms. The van der Waals surface area contributed by atoms with Crippen LogP contribution in [0.4, 0.5) is 0 Å². The molecule has 1 heterocycles. The van der Waals surface area contributed by atoms with Gasteiger partial charge in [0.2, 0.25) is 0 Å². The minimum absolute atomic E-state index is 0.0485. The number of ketones is 1. The number of rotatable bonds is 1. The molecular weight excluding hydrogens is 224 g/mol. The zero-order chi connectivity index (χ0) is 13.3. The van der Waals surface area contributed by atoms with Crippen LogP contribution in [0.25, 0.3) is 0 Å². The molecule has 1 saturated carbocycles. The van der Waals surface area contributed by atoms with E-state index in [1.807, 2.05) is 6.92 Å². The van der Waals surface area contributed by atoms with E-state index >= 15 is 0 Å². The molecular formula is C15H22N2O. The lowest BCUT2D eigenvalue weighted by Gasteiger charge is -2.23. The van der Waals surface area contributed by atoms with Gasteiger partial charge in [0, 0.05) is 35.6 Å². The van der Waals surface area contributed by atoms with Gasteiger partial charge in [-0.25, -0.2) is 9.97 Å². The van der Waals surface area contributed by atoms with Crippen molar-refractivity contribution in [2.75, 3.05) is 0 Å². The van der Waals surface area contributed by atoms with Crippen LogP contribution < -0.4 is 0 Å². The molecule has 0 amide bonds. The molecule has 0 spiro atoms. The highest BCUT2D eigenvalue weighted by molar-refractivity contribution is 5.79. The molecule has 0 saturated heterocycles. The molecule has 18 heavy (non-hydrogen) atoms. The molecule has 1 aliphatic carbocycles. The van der Waals surface area contributed by atoms with Gasteiger partial charge >= 0.3 is 0 Å². The molecule has 1 aliphatic rings. The van der Waals surface area contributed by atoms with Gasteiger partial charge in [-0.1, -0.05) is 20.8 Å². The molecule has 0 bridgehead atoms. The first-order valence-electron chi connectivity index (χ1n) is 6.74. The van der Waals surface area contributed by atoms with Crippen molar-refractivity contribution in [2.45, 2.75) is 64.7 Å². The van der Waals surface area contributed by atoms with E-state index in [-0.39, 0.29) is 5.41 Å². The molecule has 3 nitrogen and oxygen atoms in total. The lowest BCUT2D eigenvalue weighted by molar-refractivity contribution is -0.120. The van der Waals surface area contributed by atoms with Gasteiger partial charge in [0.15, 0.2) is 0 Å². The van der Waals surface area contributed by atoms with Gasteiger partial charge in [-0.2, -0.15) is 0 Å². The average molecular weight is 246 g/mol. The molecule has 1 aromatic rings. The summed E-state index contributed by atoms with van der Waals surface area (Å²) in [5, 5.41) is 0. The number of aromatic nitrogens is 2. The minimum Gasteiger partial charge on any atom is -0.300 e. The lowest BCUT2D eigenvalue weighted by atomic mass is 9.87. The zero-order valence-electron chi connectivity index (χ0n) is 11.8. The van der Waals surface area contributed by atoms with E-state index in [0.717, 1.165) is 30.1 Å². The van der Waals surface area contributed by atoms with Crippen LogP contribution in [0.2, 0.25) is 0 Å². The van der Waals surface area contributed by atoms with Crippen molar-refractivity contribution in [3.8, 4) is 0 Å². The normalized spacial score (nSPS) is 18.1. The van der Waals surface area contributed by atoms with Crippen molar-refractivity contribution in [3.63, 3.8) is 0 Å². The van der Waals surface area contributed by atoms with Crippen LogP contribution in [-0.4, -0.2) is 15.8 Å². The highest BCUT2D eigenvalue weighted by atomic mass is 16.1. The maximum atomic E-state index is 11.3. The minimum atomic E-state index is 0.0485. The Bertz CT molecular complexity index is 450. The largest absolute Gasteiger partial charge is 0.300 e. The van der Waals surface area contributed by atoms with E-state index in [0.29, 0.717) is 24.5 Å². The van der Waals surface area contributed by atoms with Gasteiger partial charge in [-0.05, 0) is 25.8 Å². The first-order valence-corrected chi connectivity index (χ1v) is 6.74. The second-order valence-corrected chi connectivity index (χ2v) is 6.32. The Labute approximate surface area is 109 Å². The molecule has 98 valence electrons. The molecule has 0 radical (unpaired) electrons. The number of hydrogen-bond acceptors (Lipinski definition) is 3. The van der Waals surface area contributed by atoms with E-state index in [1.54, 1.807) is 0 Å². The van der Waals surface area contributed by atoms with Crippen LogP contribution in [0.15, 0.2) is 6.07 Å². The second kappa shape index (κ2) is 4.79. The Morgan fingerprint density at radius 1 is 1.17 bits per heavy atom. The first kappa shape index (κ1) is 13.2. The van der Waals surface area contributed by atoms with Crippen LogP contribution in [0.1, 0.15) is 69.6 Å². The smallest absolute Gasteiger partial charge is 0.132 e. The third kappa shape index (κ3) is 2.95. The van der Waals surface area contributed by atoms with Gasteiger partial charge in [-0.15, -0.1) is 0 Å². The predicted octanol–water partition coefficient (Wildman–Crippen LogP) is 3.31. The second-order valence-electron chi connectivity index (χ2n) is 6.32. The monoisotopic (exact) mass is 246 g/mol. The Balaban J connectivity index is 2.28. The van der Waals surface area contributed by atoms with Crippen molar-refractivity contribution >= 4 is 5.78 Å². The summed E-state index contributed by atoms with van der Waals surface area (Å²) in [5.41, 5.74) is 2.18. The molecule has 1 aromatic heterocycles. The van der Waals surface area contributed by atoms with Gasteiger partial charge in [0.1, 0.15) is 11.6 Å². The van der Waals surface area contributed by atoms with Crippen LogP contribution in [0.5, 0.6) is 0 Å². The van der Waals surface area contributed by atoms with Crippen LogP contribution in [0.3, 0.4) is 0 Å². The molecule has 0 unspecified atom stereocenters. The van der Waals surface area contributed by atoms with E-state index in [4.69, 9.17) is 4.98 Å². The SMILES string of the molecule is Cc1cc(C(C)(C)C)nc(C2CCC(=O)CC2)n1. The summed E-state index contributed by atoms with van der Waals surface area (Å²) in [6.07, 6.45) is 3.19. The van der Waals surface area contributed by atoms with Gasteiger partial charge in [-0.3, -0.25) is 4.79 Å². The summed E-state index contributed by atoms with van der Waals surface area (Å²) >= 11 is 0. The summed E-state index contributed by atoms with van der Waals surface area (Å²) in [4.78, 5) is 20.6. The number of Topliss-reactive ketones (excluding diaryl/α,β-unsaturated/α-hetero) is 1. The summed E-state index contributed by atoms with van der Waals surface area (Å²) in [6, 6.07) is 2.07. The standard InChI is InChI=1S/C15H22N2O/c1-10-9-13(15(2,3)4)17-14(16-10)11-5-7-12(18)8-6-11/h9,11H,5-8H2,1-4H3. The third-order valence-electron chi connectivity index (χ3n) is 3.55. The highest BCUT2D eigenvalue weighted by Crippen LogP contribution is 2.30. The van der Waals surface area contributed by atoms with Crippen LogP contribution >= 0.6 is 0 Å². The van der Waals surface area contributed by atoms with Crippen LogP contribution in [-0.2, 0) is 10.2 Å². The number of hydrogen-bond donors (Lipinski definition) is 0. The molecule has 0 atom stereocenters. The zero-order valence-corrected chi connectivity index (χ0v) is 11.8. The maximum absolute atomic E-state index is 11.3. The topological polar surface area (TPSA) is 42.9 Å². The van der Waals surface area contributed by atoms with Crippen molar-refractivity contribution in [1.82, 2.24) is 9.97 Å². The van der Waals surface area contributed by atoms with Crippen LogP contribution in [0, 0.1) is 6.92 Å². The molecule has 0 N–H and O–H groups in total. The fraction of sp³-hybridized carbons (Fsp3) is 0.667. The summed E-state index contributed by atoms with van der Waals surface area (Å²) in [7, 11) is 0. The summed E-state index contributed by atoms with van der Waals surface area (Å²) in [6.45, 7) is 8.53. The number of carbonyl (C=O) groups excluding carboxylic acids is 1. The number of aryl methyl sites for hydroxylation is 1.